The van der Waals surface area contributed by atoms with Gasteiger partial charge < -0.3 is 24.4 Å². The van der Waals surface area contributed by atoms with E-state index in [0.717, 1.165) is 4.47 Å². The summed E-state index contributed by atoms with van der Waals surface area (Å²) >= 11 is 3.35. The number of rotatable bonds is 6. The lowest BCUT2D eigenvalue weighted by molar-refractivity contribution is -0.131. The summed E-state index contributed by atoms with van der Waals surface area (Å²) in [6.07, 6.45) is 1.64. The number of ether oxygens (including phenoxy) is 3. The van der Waals surface area contributed by atoms with Crippen LogP contribution in [0.4, 0.5) is 0 Å². The van der Waals surface area contributed by atoms with Crippen LogP contribution in [-0.4, -0.2) is 57.2 Å². The Morgan fingerprint density at radius 3 is 2.33 bits per heavy atom. The maximum absolute atomic E-state index is 13.1. The van der Waals surface area contributed by atoms with Crippen LogP contribution in [0.5, 0.6) is 11.5 Å². The highest BCUT2D eigenvalue weighted by atomic mass is 79.9. The van der Waals surface area contributed by atoms with Crippen LogP contribution in [0.3, 0.4) is 0 Å². The number of carbonyl (C=O) groups is 2. The highest BCUT2D eigenvalue weighted by Gasteiger charge is 2.23. The molecular formula is C22H23BrN2O5. The van der Waals surface area contributed by atoms with Crippen LogP contribution >= 0.6 is 15.9 Å². The third-order valence-corrected chi connectivity index (χ3v) is 5.13. The number of halogens is 1. The Labute approximate surface area is 183 Å². The first-order chi connectivity index (χ1) is 14.5. The zero-order valence-corrected chi connectivity index (χ0v) is 18.4. The fourth-order valence-corrected chi connectivity index (χ4v) is 3.26. The molecule has 30 heavy (non-hydrogen) atoms. The lowest BCUT2D eigenvalue weighted by Crippen LogP contribution is -2.44. The smallest absolute Gasteiger partial charge is 0.270 e. The van der Waals surface area contributed by atoms with Crippen LogP contribution in [-0.2, 0) is 9.53 Å². The lowest BCUT2D eigenvalue weighted by atomic mass is 10.1. The van der Waals surface area contributed by atoms with Gasteiger partial charge in [0.05, 0.1) is 27.4 Å². The molecule has 1 aliphatic heterocycles. The van der Waals surface area contributed by atoms with Crippen molar-refractivity contribution in [2.45, 2.75) is 0 Å². The van der Waals surface area contributed by atoms with E-state index in [0.29, 0.717) is 48.9 Å². The van der Waals surface area contributed by atoms with Crippen molar-refractivity contribution in [2.75, 3.05) is 40.5 Å². The summed E-state index contributed by atoms with van der Waals surface area (Å²) in [6.45, 7) is 1.87. The quantitative estimate of drug-likeness (QED) is 0.650. The number of nitrogens with zero attached hydrogens (tertiary/aromatic N) is 1. The molecule has 0 bridgehead atoms. The summed E-state index contributed by atoms with van der Waals surface area (Å²) in [7, 11) is 3.10. The molecule has 3 rings (SSSR count). The molecule has 2 aromatic rings. The molecule has 7 nitrogen and oxygen atoms in total. The van der Waals surface area contributed by atoms with Crippen molar-refractivity contribution in [3.63, 3.8) is 0 Å². The van der Waals surface area contributed by atoms with Crippen molar-refractivity contribution in [3.05, 3.63) is 63.8 Å². The molecule has 1 saturated heterocycles. The zero-order valence-electron chi connectivity index (χ0n) is 16.8. The molecule has 1 fully saturated rings. The summed E-state index contributed by atoms with van der Waals surface area (Å²) in [5, 5.41) is 2.77. The van der Waals surface area contributed by atoms with Crippen molar-refractivity contribution < 1.29 is 23.8 Å². The normalized spacial score (nSPS) is 14.2. The summed E-state index contributed by atoms with van der Waals surface area (Å²) in [4.78, 5) is 27.5. The number of amides is 2. The largest absolute Gasteiger partial charge is 0.493 e. The Balaban J connectivity index is 1.92. The Bertz CT molecular complexity index is 937. The number of carbonyl (C=O) groups excluding carboxylic acids is 2. The minimum atomic E-state index is -0.365. The average molecular weight is 475 g/mol. The van der Waals surface area contributed by atoms with Crippen molar-refractivity contribution in [2.24, 2.45) is 0 Å². The van der Waals surface area contributed by atoms with Crippen LogP contribution in [0.15, 0.2) is 52.6 Å². The van der Waals surface area contributed by atoms with E-state index in [1.165, 1.54) is 0 Å². The van der Waals surface area contributed by atoms with E-state index in [1.54, 1.807) is 67.7 Å². The van der Waals surface area contributed by atoms with E-state index in [9.17, 15) is 9.59 Å². The topological polar surface area (TPSA) is 77.1 Å². The number of methoxy groups -OCH3 is 2. The van der Waals surface area contributed by atoms with Crippen LogP contribution in [0, 0.1) is 0 Å². The molecule has 8 heteroatoms. The zero-order chi connectivity index (χ0) is 21.5. The SMILES string of the molecule is COc1ccc(/C=C(\NC(=O)c2ccc(Br)cc2)C(=O)N2CCOCC2)cc1OC. The molecule has 0 aliphatic carbocycles. The van der Waals surface area contributed by atoms with Gasteiger partial charge in [0.15, 0.2) is 11.5 Å². The van der Waals surface area contributed by atoms with Gasteiger partial charge in [-0.15, -0.1) is 0 Å². The molecule has 1 N–H and O–H groups in total. The summed E-state index contributed by atoms with van der Waals surface area (Å²) in [6, 6.07) is 12.2. The first-order valence-corrected chi connectivity index (χ1v) is 10.2. The summed E-state index contributed by atoms with van der Waals surface area (Å²) in [5.74, 6) is 0.479. The standard InChI is InChI=1S/C22H23BrN2O5/c1-28-19-8-3-15(14-20(19)29-2)13-18(22(27)25-9-11-30-12-10-25)24-21(26)16-4-6-17(23)7-5-16/h3-8,13-14H,9-12H2,1-2H3,(H,24,26)/b18-13-. The Kier molecular flexibility index (Phi) is 7.48. The van der Waals surface area contributed by atoms with Crippen molar-refractivity contribution >= 4 is 33.8 Å². The molecule has 1 heterocycles. The van der Waals surface area contributed by atoms with Gasteiger partial charge in [-0.1, -0.05) is 22.0 Å². The van der Waals surface area contributed by atoms with E-state index < -0.39 is 0 Å². The van der Waals surface area contributed by atoms with Gasteiger partial charge in [-0.2, -0.15) is 0 Å². The van der Waals surface area contributed by atoms with Gasteiger partial charge in [0.2, 0.25) is 0 Å². The Morgan fingerprint density at radius 1 is 1.03 bits per heavy atom. The van der Waals surface area contributed by atoms with Gasteiger partial charge in [0.25, 0.3) is 11.8 Å². The maximum atomic E-state index is 13.1. The minimum Gasteiger partial charge on any atom is -0.493 e. The molecule has 0 aromatic heterocycles. The fraction of sp³-hybridized carbons (Fsp3) is 0.273. The van der Waals surface area contributed by atoms with Crippen LogP contribution in [0.1, 0.15) is 15.9 Å². The molecule has 2 amide bonds. The van der Waals surface area contributed by atoms with Crippen molar-refractivity contribution in [1.29, 1.82) is 0 Å². The first kappa shape index (κ1) is 21.9. The number of hydrogen-bond donors (Lipinski definition) is 1. The number of nitrogens with one attached hydrogen (secondary N) is 1. The number of hydrogen-bond acceptors (Lipinski definition) is 5. The third-order valence-electron chi connectivity index (χ3n) is 4.60. The first-order valence-electron chi connectivity index (χ1n) is 9.39. The molecule has 0 radical (unpaired) electrons. The average Bonchev–Trinajstić information content (AvgIpc) is 2.79. The second-order valence-electron chi connectivity index (χ2n) is 6.54. The second-order valence-corrected chi connectivity index (χ2v) is 7.45. The molecular weight excluding hydrogens is 452 g/mol. The molecule has 2 aromatic carbocycles. The van der Waals surface area contributed by atoms with E-state index >= 15 is 0 Å². The summed E-state index contributed by atoms with van der Waals surface area (Å²) in [5.41, 5.74) is 1.32. The van der Waals surface area contributed by atoms with Gasteiger partial charge in [-0.05, 0) is 48.0 Å². The maximum Gasteiger partial charge on any atom is 0.270 e. The van der Waals surface area contributed by atoms with Gasteiger partial charge in [-0.25, -0.2) is 0 Å². The van der Waals surface area contributed by atoms with Gasteiger partial charge >= 0.3 is 0 Å². The lowest BCUT2D eigenvalue weighted by Gasteiger charge is -2.28. The van der Waals surface area contributed by atoms with Gasteiger partial charge in [0.1, 0.15) is 5.70 Å². The highest BCUT2D eigenvalue weighted by Crippen LogP contribution is 2.28. The van der Waals surface area contributed by atoms with E-state index in [4.69, 9.17) is 14.2 Å². The predicted molar refractivity (Wildman–Crippen MR) is 117 cm³/mol. The van der Waals surface area contributed by atoms with Crippen molar-refractivity contribution in [1.82, 2.24) is 10.2 Å². The molecule has 0 saturated carbocycles. The predicted octanol–water partition coefficient (Wildman–Crippen LogP) is 3.10. The van der Waals surface area contributed by atoms with Crippen LogP contribution in [0.25, 0.3) is 6.08 Å². The highest BCUT2D eigenvalue weighted by molar-refractivity contribution is 9.10. The van der Waals surface area contributed by atoms with Gasteiger partial charge in [-0.3, -0.25) is 9.59 Å². The fourth-order valence-electron chi connectivity index (χ4n) is 2.99. The molecule has 0 spiro atoms. The Hall–Kier alpha value is -2.84. The van der Waals surface area contributed by atoms with Gasteiger partial charge in [0, 0.05) is 23.1 Å². The summed E-state index contributed by atoms with van der Waals surface area (Å²) < 4.78 is 16.8. The van der Waals surface area contributed by atoms with E-state index in [-0.39, 0.29) is 17.5 Å². The molecule has 158 valence electrons. The van der Waals surface area contributed by atoms with E-state index in [2.05, 4.69) is 21.2 Å². The monoisotopic (exact) mass is 474 g/mol. The molecule has 0 atom stereocenters. The molecule has 0 unspecified atom stereocenters. The number of benzene rings is 2. The third kappa shape index (κ3) is 5.40. The van der Waals surface area contributed by atoms with E-state index in [1.807, 2.05) is 0 Å². The molecule has 1 aliphatic rings. The van der Waals surface area contributed by atoms with Crippen LogP contribution in [0.2, 0.25) is 0 Å². The van der Waals surface area contributed by atoms with Crippen molar-refractivity contribution in [3.8, 4) is 11.5 Å². The number of morpholine rings is 1. The second kappa shape index (κ2) is 10.3. The Morgan fingerprint density at radius 2 is 1.70 bits per heavy atom. The van der Waals surface area contributed by atoms with Crippen LogP contribution < -0.4 is 14.8 Å². The minimum absolute atomic E-state index is 0.178.